The summed E-state index contributed by atoms with van der Waals surface area (Å²) in [6, 6.07) is 0.140. The topological polar surface area (TPSA) is 116 Å². The van der Waals surface area contributed by atoms with Gasteiger partial charge in [0.2, 0.25) is 0 Å². The Morgan fingerprint density at radius 3 is 2.10 bits per heavy atom. The van der Waals surface area contributed by atoms with Crippen LogP contribution in [0, 0.1) is 0 Å². The zero-order chi connectivity index (χ0) is 15.0. The second-order valence-corrected chi connectivity index (χ2v) is 6.45. The van der Waals surface area contributed by atoms with Crippen molar-refractivity contribution in [3.8, 4) is 0 Å². The highest BCUT2D eigenvalue weighted by Gasteiger charge is 2.27. The van der Waals surface area contributed by atoms with E-state index in [-0.39, 0.29) is 6.04 Å². The molecule has 0 aromatic heterocycles. The molecule has 0 aromatic carbocycles. The molecule has 0 bridgehead atoms. The fraction of sp³-hybridized carbons (Fsp3) is 0.909. The monoisotopic (exact) mass is 310 g/mol. The van der Waals surface area contributed by atoms with Crippen LogP contribution in [0.25, 0.3) is 0 Å². The molecule has 2 fully saturated rings. The lowest BCUT2D eigenvalue weighted by atomic mass is 9.96. The van der Waals surface area contributed by atoms with E-state index in [0.29, 0.717) is 26.3 Å². The van der Waals surface area contributed by atoms with Gasteiger partial charge >= 0.3 is 6.16 Å². The normalized spacial score (nSPS) is 21.8. The van der Waals surface area contributed by atoms with Gasteiger partial charge in [-0.3, -0.25) is 0 Å². The second-order valence-electron chi connectivity index (χ2n) is 4.75. The van der Waals surface area contributed by atoms with Gasteiger partial charge in [-0.25, -0.2) is 4.79 Å². The summed E-state index contributed by atoms with van der Waals surface area (Å²) < 4.78 is 33.5. The van der Waals surface area contributed by atoms with Crippen LogP contribution >= 0.6 is 0 Å². The fourth-order valence-corrected chi connectivity index (χ4v) is 3.73. The average molecular weight is 310 g/mol. The van der Waals surface area contributed by atoms with Crippen LogP contribution in [-0.4, -0.2) is 61.4 Å². The Labute approximate surface area is 118 Å². The van der Waals surface area contributed by atoms with Crippen LogP contribution in [0.15, 0.2) is 0 Å². The van der Waals surface area contributed by atoms with E-state index in [1.54, 1.807) is 0 Å². The molecule has 1 heterocycles. The van der Waals surface area contributed by atoms with Gasteiger partial charge in [-0.1, -0.05) is 19.3 Å². The number of nitrogens with one attached hydrogen (secondary N) is 1. The molecule has 2 aliphatic rings. The van der Waals surface area contributed by atoms with Crippen molar-refractivity contribution in [2.24, 2.45) is 0 Å². The van der Waals surface area contributed by atoms with Crippen molar-refractivity contribution in [1.82, 2.24) is 9.03 Å². The van der Waals surface area contributed by atoms with Crippen LogP contribution in [0.4, 0.5) is 4.79 Å². The molecule has 0 spiro atoms. The van der Waals surface area contributed by atoms with Gasteiger partial charge in [0.15, 0.2) is 0 Å². The highest BCUT2D eigenvalue weighted by atomic mass is 32.2. The Balaban J connectivity index is 0.000000444. The molecule has 0 aromatic rings. The molecule has 1 saturated heterocycles. The predicted octanol–water partition coefficient (Wildman–Crippen LogP) is 0.708. The first-order valence-corrected chi connectivity index (χ1v) is 8.13. The van der Waals surface area contributed by atoms with E-state index in [9.17, 15) is 8.42 Å². The molecule has 1 aliphatic carbocycles. The van der Waals surface area contributed by atoms with Crippen LogP contribution in [0.1, 0.15) is 32.1 Å². The maximum absolute atomic E-state index is 12.0. The maximum Gasteiger partial charge on any atom is 0.503 e. The summed E-state index contributed by atoms with van der Waals surface area (Å²) >= 11 is 0. The Kier molecular flexibility index (Phi) is 7.20. The van der Waals surface area contributed by atoms with Crippen molar-refractivity contribution >= 4 is 16.4 Å². The molecule has 0 atom stereocenters. The Bertz CT molecular complexity index is 384. The van der Waals surface area contributed by atoms with Gasteiger partial charge in [-0.2, -0.15) is 17.4 Å². The van der Waals surface area contributed by atoms with Gasteiger partial charge in [-0.15, -0.1) is 0 Å². The number of ether oxygens (including phenoxy) is 1. The zero-order valence-corrected chi connectivity index (χ0v) is 12.1. The number of carboxylic acid groups (broad SMARTS) is 2. The highest BCUT2D eigenvalue weighted by molar-refractivity contribution is 7.87. The first-order chi connectivity index (χ1) is 9.42. The summed E-state index contributed by atoms with van der Waals surface area (Å²) in [7, 11) is -3.28. The van der Waals surface area contributed by atoms with Crippen molar-refractivity contribution in [3.63, 3.8) is 0 Å². The number of morpholine rings is 1. The molecule has 8 nitrogen and oxygen atoms in total. The standard InChI is InChI=1S/C10H20N2O3S.CH2O3/c13-16(14,12-6-8-15-9-7-12)11-10-4-2-1-3-5-10;2-1(3)4/h10-11H,1-9H2;(H2,2,3,4). The van der Waals surface area contributed by atoms with Crippen LogP contribution in [0.2, 0.25) is 0 Å². The molecule has 1 aliphatic heterocycles. The lowest BCUT2D eigenvalue weighted by molar-refractivity contribution is 0.0722. The number of rotatable bonds is 3. The van der Waals surface area contributed by atoms with E-state index in [0.717, 1.165) is 25.7 Å². The largest absolute Gasteiger partial charge is 0.503 e. The molecule has 1 saturated carbocycles. The summed E-state index contributed by atoms with van der Waals surface area (Å²) in [4.78, 5) is 8.56. The Morgan fingerprint density at radius 2 is 1.60 bits per heavy atom. The van der Waals surface area contributed by atoms with Crippen molar-refractivity contribution in [3.05, 3.63) is 0 Å². The third kappa shape index (κ3) is 6.51. The smallest absolute Gasteiger partial charge is 0.450 e. The zero-order valence-electron chi connectivity index (χ0n) is 11.3. The summed E-state index contributed by atoms with van der Waals surface area (Å²) in [6.07, 6.45) is 3.62. The summed E-state index contributed by atoms with van der Waals surface area (Å²) in [5, 5.41) is 13.9. The van der Waals surface area contributed by atoms with Crippen molar-refractivity contribution in [2.75, 3.05) is 26.3 Å². The summed E-state index contributed by atoms with van der Waals surface area (Å²) in [6.45, 7) is 1.96. The molecule has 0 amide bonds. The molecule has 3 N–H and O–H groups in total. The van der Waals surface area contributed by atoms with Crippen molar-refractivity contribution < 1.29 is 28.2 Å². The molecule has 118 valence electrons. The quantitative estimate of drug-likeness (QED) is 0.707. The van der Waals surface area contributed by atoms with Gasteiger partial charge in [-0.05, 0) is 12.8 Å². The van der Waals surface area contributed by atoms with Gasteiger partial charge in [0, 0.05) is 19.1 Å². The van der Waals surface area contributed by atoms with Gasteiger partial charge in [0.25, 0.3) is 10.2 Å². The van der Waals surface area contributed by atoms with Crippen LogP contribution in [-0.2, 0) is 14.9 Å². The summed E-state index contributed by atoms with van der Waals surface area (Å²) in [5.41, 5.74) is 0. The second kappa shape index (κ2) is 8.40. The lowest BCUT2D eigenvalue weighted by Crippen LogP contribution is -2.49. The molecular weight excluding hydrogens is 288 g/mol. The van der Waals surface area contributed by atoms with Crippen molar-refractivity contribution in [1.29, 1.82) is 0 Å². The van der Waals surface area contributed by atoms with Gasteiger partial charge < -0.3 is 14.9 Å². The molecule has 9 heteroatoms. The fourth-order valence-electron chi connectivity index (χ4n) is 2.29. The molecule has 0 unspecified atom stereocenters. The number of nitrogens with zero attached hydrogens (tertiary/aromatic N) is 1. The van der Waals surface area contributed by atoms with Crippen LogP contribution in [0.3, 0.4) is 0 Å². The predicted molar refractivity (Wildman–Crippen MR) is 72.0 cm³/mol. The third-order valence-corrected chi connectivity index (χ3v) is 4.91. The Morgan fingerprint density at radius 1 is 1.10 bits per heavy atom. The van der Waals surface area contributed by atoms with E-state index < -0.39 is 16.4 Å². The van der Waals surface area contributed by atoms with E-state index in [1.807, 2.05) is 0 Å². The van der Waals surface area contributed by atoms with E-state index >= 15 is 0 Å². The summed E-state index contributed by atoms with van der Waals surface area (Å²) in [5.74, 6) is 0. The average Bonchev–Trinajstić information content (AvgIpc) is 2.40. The number of carbonyl (C=O) groups is 1. The minimum absolute atomic E-state index is 0.140. The van der Waals surface area contributed by atoms with E-state index in [4.69, 9.17) is 19.7 Å². The highest BCUT2D eigenvalue weighted by Crippen LogP contribution is 2.18. The lowest BCUT2D eigenvalue weighted by Gasteiger charge is -2.29. The van der Waals surface area contributed by atoms with E-state index in [1.165, 1.54) is 10.7 Å². The van der Waals surface area contributed by atoms with Gasteiger partial charge in [0.1, 0.15) is 0 Å². The molecule has 2 rings (SSSR count). The SMILES string of the molecule is O=C(O)O.O=S(=O)(NC1CCCCC1)N1CCOCC1. The minimum atomic E-state index is -3.28. The molecule has 20 heavy (non-hydrogen) atoms. The number of hydrogen-bond donors (Lipinski definition) is 3. The van der Waals surface area contributed by atoms with Gasteiger partial charge in [0.05, 0.1) is 13.2 Å². The maximum atomic E-state index is 12.0. The molecular formula is C11H22N2O6S. The van der Waals surface area contributed by atoms with Crippen LogP contribution < -0.4 is 4.72 Å². The minimum Gasteiger partial charge on any atom is -0.450 e. The molecule has 0 radical (unpaired) electrons. The Hall–Kier alpha value is -0.900. The third-order valence-electron chi connectivity index (χ3n) is 3.23. The van der Waals surface area contributed by atoms with Crippen LogP contribution in [0.5, 0.6) is 0 Å². The first-order valence-electron chi connectivity index (χ1n) is 6.69. The first kappa shape index (κ1) is 17.2. The number of hydrogen-bond acceptors (Lipinski definition) is 4. The van der Waals surface area contributed by atoms with E-state index in [2.05, 4.69) is 4.72 Å². The van der Waals surface area contributed by atoms with Crippen molar-refractivity contribution in [2.45, 2.75) is 38.1 Å².